The number of halogens is 3. The fourth-order valence-electron chi connectivity index (χ4n) is 4.04. The number of Topliss-reactive ketones (excluding diaryl/α,β-unsaturated/α-hetero) is 1. The zero-order valence-electron chi connectivity index (χ0n) is 22.0. The Hall–Kier alpha value is -4.25. The summed E-state index contributed by atoms with van der Waals surface area (Å²) in [6.07, 6.45) is -5.81. The van der Waals surface area contributed by atoms with Gasteiger partial charge in [-0.3, -0.25) is 24.1 Å². The minimum absolute atomic E-state index is 0.0363. The number of carbonyl (C=O) groups excluding carboxylic acids is 4. The molecule has 0 radical (unpaired) electrons. The number of amides is 3. The number of aliphatic hydroxyl groups is 2. The lowest BCUT2D eigenvalue weighted by Gasteiger charge is -2.19. The average Bonchev–Trinajstić information content (AvgIpc) is 3.36. The van der Waals surface area contributed by atoms with E-state index in [-0.39, 0.29) is 24.6 Å². The summed E-state index contributed by atoms with van der Waals surface area (Å²) in [6.45, 7) is 1.00. The molecule has 3 rings (SSSR count). The molecule has 0 bridgehead atoms. The molecule has 218 valence electrons. The molecule has 1 saturated heterocycles. The van der Waals surface area contributed by atoms with E-state index in [1.807, 2.05) is 5.32 Å². The average molecular weight is 575 g/mol. The number of carbonyl (C=O) groups is 4. The molecule has 2 aromatic carbocycles. The van der Waals surface area contributed by atoms with Crippen molar-refractivity contribution in [1.82, 2.24) is 15.5 Å². The van der Waals surface area contributed by atoms with Gasteiger partial charge in [-0.15, -0.1) is 0 Å². The summed E-state index contributed by atoms with van der Waals surface area (Å²) in [5.74, 6) is 2.27. The predicted molar refractivity (Wildman–Crippen MR) is 142 cm³/mol. The highest BCUT2D eigenvalue weighted by molar-refractivity contribution is 5.98. The Kier molecular flexibility index (Phi) is 10.6. The van der Waals surface area contributed by atoms with E-state index in [1.165, 1.54) is 19.1 Å². The molecule has 1 heterocycles. The second kappa shape index (κ2) is 13.9. The van der Waals surface area contributed by atoms with E-state index in [4.69, 9.17) is 5.11 Å². The molecule has 10 nitrogen and oxygen atoms in total. The van der Waals surface area contributed by atoms with Crippen molar-refractivity contribution in [3.8, 4) is 11.8 Å². The van der Waals surface area contributed by atoms with E-state index in [0.29, 0.717) is 29.8 Å². The van der Waals surface area contributed by atoms with Crippen LogP contribution in [0.4, 0.5) is 18.9 Å². The lowest BCUT2D eigenvalue weighted by atomic mass is 10.1. The lowest BCUT2D eigenvalue weighted by molar-refractivity contribution is -0.174. The van der Waals surface area contributed by atoms with Crippen LogP contribution in [-0.2, 0) is 14.4 Å². The van der Waals surface area contributed by atoms with Crippen LogP contribution < -0.4 is 16.0 Å². The molecule has 0 spiro atoms. The molecule has 1 fully saturated rings. The molecule has 2 aromatic rings. The monoisotopic (exact) mass is 574 g/mol. The molecule has 0 aromatic heterocycles. The Labute approximate surface area is 233 Å². The Morgan fingerprint density at radius 3 is 2.15 bits per heavy atom. The number of anilines is 1. The minimum atomic E-state index is -4.95. The summed E-state index contributed by atoms with van der Waals surface area (Å²) < 4.78 is 37.2. The van der Waals surface area contributed by atoms with E-state index >= 15 is 0 Å². The first-order valence-corrected chi connectivity index (χ1v) is 12.6. The second-order valence-corrected chi connectivity index (χ2v) is 9.46. The first-order chi connectivity index (χ1) is 19.3. The lowest BCUT2D eigenvalue weighted by Crippen LogP contribution is -2.48. The van der Waals surface area contributed by atoms with Crippen LogP contribution in [-0.4, -0.2) is 89.2 Å². The third-order valence-corrected chi connectivity index (χ3v) is 6.17. The highest BCUT2D eigenvalue weighted by Crippen LogP contribution is 2.17. The number of aliphatic hydroxyl groups excluding tert-OH is 2. The van der Waals surface area contributed by atoms with Crippen LogP contribution in [0.3, 0.4) is 0 Å². The molecule has 1 aliphatic heterocycles. The van der Waals surface area contributed by atoms with Crippen molar-refractivity contribution in [3.05, 3.63) is 65.2 Å². The van der Waals surface area contributed by atoms with E-state index in [2.05, 4.69) is 22.5 Å². The summed E-state index contributed by atoms with van der Waals surface area (Å²) in [7, 11) is 0. The van der Waals surface area contributed by atoms with Gasteiger partial charge in [0.15, 0.2) is 5.78 Å². The number of benzene rings is 2. The van der Waals surface area contributed by atoms with E-state index in [1.54, 1.807) is 41.3 Å². The maximum Gasteiger partial charge on any atom is 0.471 e. The Balaban J connectivity index is 1.49. The first-order valence-electron chi connectivity index (χ1n) is 12.6. The van der Waals surface area contributed by atoms with E-state index < -0.39 is 48.6 Å². The maximum atomic E-state index is 12.4. The van der Waals surface area contributed by atoms with Crippen molar-refractivity contribution in [1.29, 1.82) is 0 Å². The Bertz CT molecular complexity index is 1320. The normalized spacial score (nSPS) is 16.6. The summed E-state index contributed by atoms with van der Waals surface area (Å²) in [6, 6.07) is 11.0. The summed E-state index contributed by atoms with van der Waals surface area (Å²) in [5, 5.41) is 25.7. The number of ketones is 1. The molecule has 5 N–H and O–H groups in total. The largest absolute Gasteiger partial charge is 0.471 e. The van der Waals surface area contributed by atoms with Gasteiger partial charge in [0.05, 0.1) is 12.6 Å². The van der Waals surface area contributed by atoms with Crippen molar-refractivity contribution in [2.75, 3.05) is 31.6 Å². The van der Waals surface area contributed by atoms with Crippen molar-refractivity contribution in [2.45, 2.75) is 37.7 Å². The fraction of sp³-hybridized carbons (Fsp3) is 0.357. The van der Waals surface area contributed by atoms with Crippen molar-refractivity contribution in [3.63, 3.8) is 0 Å². The van der Waals surface area contributed by atoms with Gasteiger partial charge in [-0.25, -0.2) is 0 Å². The molecule has 41 heavy (non-hydrogen) atoms. The number of nitrogens with one attached hydrogen (secondary N) is 3. The molecular weight excluding hydrogens is 545 g/mol. The van der Waals surface area contributed by atoms with Crippen LogP contribution in [0.25, 0.3) is 0 Å². The molecule has 13 heteroatoms. The molecule has 0 saturated carbocycles. The van der Waals surface area contributed by atoms with Crippen LogP contribution in [0.15, 0.2) is 48.5 Å². The van der Waals surface area contributed by atoms with Gasteiger partial charge in [0.1, 0.15) is 12.6 Å². The second-order valence-electron chi connectivity index (χ2n) is 9.46. The topological polar surface area (TPSA) is 148 Å². The maximum absolute atomic E-state index is 12.4. The van der Waals surface area contributed by atoms with Crippen LogP contribution in [0.5, 0.6) is 0 Å². The molecule has 3 amide bonds. The third-order valence-electron chi connectivity index (χ3n) is 6.17. The number of alkyl halides is 3. The minimum Gasteiger partial charge on any atom is -0.391 e. The van der Waals surface area contributed by atoms with Gasteiger partial charge < -0.3 is 26.2 Å². The molecular formula is C28H29F3N4O6. The summed E-state index contributed by atoms with van der Waals surface area (Å²) in [5.41, 5.74) is 2.00. The van der Waals surface area contributed by atoms with Crippen molar-refractivity contribution < 1.29 is 42.6 Å². The highest BCUT2D eigenvalue weighted by Gasteiger charge is 2.40. The smallest absolute Gasteiger partial charge is 0.391 e. The quantitative estimate of drug-likeness (QED) is 0.279. The standard InChI is InChI=1S/C28H29F3N4O6/c1-17(37)25(23(38)16-36)34-26(40)20-8-4-18(5-9-20)2-3-19-6-10-21(11-7-19)32-24(39)15-35-13-12-22(14-35)33-27(41)28(29,30)31/h4-11,17,22,25,36-37H,12-16H2,1H3,(H,32,39)(H,33,41)(H,34,40)/t17-,22-,25+/m1/s1. The van der Waals surface area contributed by atoms with Gasteiger partial charge in [0, 0.05) is 41.5 Å². The van der Waals surface area contributed by atoms with E-state index in [0.717, 1.165) is 0 Å². The number of likely N-dealkylation sites (tertiary alicyclic amines) is 1. The molecule has 0 unspecified atom stereocenters. The number of rotatable bonds is 9. The Morgan fingerprint density at radius 2 is 1.61 bits per heavy atom. The van der Waals surface area contributed by atoms with Crippen molar-refractivity contribution >= 4 is 29.2 Å². The predicted octanol–water partition coefficient (Wildman–Crippen LogP) is 0.818. The SMILES string of the molecule is C[C@@H](O)[C@H](NC(=O)c1ccc(C#Cc2ccc(NC(=O)CN3CC[C@@H](NC(=O)C(F)(F)F)C3)cc2)cc1)C(=O)CO. The number of hydrogen-bond acceptors (Lipinski definition) is 7. The fourth-order valence-corrected chi connectivity index (χ4v) is 4.04. The van der Waals surface area contributed by atoms with Gasteiger partial charge >= 0.3 is 12.1 Å². The van der Waals surface area contributed by atoms with Gasteiger partial charge in [0.2, 0.25) is 5.91 Å². The molecule has 1 aliphatic rings. The summed E-state index contributed by atoms with van der Waals surface area (Å²) >= 11 is 0. The summed E-state index contributed by atoms with van der Waals surface area (Å²) in [4.78, 5) is 49.2. The van der Waals surface area contributed by atoms with Gasteiger partial charge in [-0.05, 0) is 61.9 Å². The van der Waals surface area contributed by atoms with Gasteiger partial charge in [-0.1, -0.05) is 11.8 Å². The molecule has 0 aliphatic carbocycles. The number of nitrogens with zero attached hydrogens (tertiary/aromatic N) is 1. The Morgan fingerprint density at radius 1 is 1.02 bits per heavy atom. The van der Waals surface area contributed by atoms with Crippen LogP contribution in [0, 0.1) is 11.8 Å². The first kappa shape index (κ1) is 31.3. The highest BCUT2D eigenvalue weighted by atomic mass is 19.4. The van der Waals surface area contributed by atoms with Crippen LogP contribution in [0.2, 0.25) is 0 Å². The van der Waals surface area contributed by atoms with Gasteiger partial charge in [0.25, 0.3) is 5.91 Å². The number of hydrogen-bond donors (Lipinski definition) is 5. The van der Waals surface area contributed by atoms with Crippen LogP contribution in [0.1, 0.15) is 34.8 Å². The van der Waals surface area contributed by atoms with Crippen LogP contribution >= 0.6 is 0 Å². The molecule has 3 atom stereocenters. The third kappa shape index (κ3) is 9.42. The zero-order chi connectivity index (χ0) is 30.2. The van der Waals surface area contributed by atoms with Gasteiger partial charge in [-0.2, -0.15) is 13.2 Å². The zero-order valence-corrected chi connectivity index (χ0v) is 22.0. The van der Waals surface area contributed by atoms with Crippen molar-refractivity contribution in [2.24, 2.45) is 0 Å². The van der Waals surface area contributed by atoms with E-state index in [9.17, 15) is 37.5 Å².